The molecular weight excluding hydrogens is 363 g/mol. The molecule has 0 aliphatic carbocycles. The molecule has 2 nitrogen and oxygen atoms in total. The maximum atomic E-state index is 9.39. The van der Waals surface area contributed by atoms with Crippen molar-refractivity contribution in [2.24, 2.45) is 0 Å². The first-order valence-corrected chi connectivity index (χ1v) is 10.00. The van der Waals surface area contributed by atoms with Crippen molar-refractivity contribution >= 4 is 39.2 Å². The summed E-state index contributed by atoms with van der Waals surface area (Å²) in [6.45, 7) is 0. The van der Waals surface area contributed by atoms with Crippen LogP contribution in [0.25, 0.3) is 42.4 Å². The smallest absolute Gasteiger partial charge is 0.504 e. The van der Waals surface area contributed by atoms with Gasteiger partial charge in [0.1, 0.15) is 5.75 Å². The number of rotatable bonds is 4. The molecule has 0 saturated carbocycles. The zero-order valence-corrected chi connectivity index (χ0v) is 15.9. The molecule has 0 unspecified atom stereocenters. The van der Waals surface area contributed by atoms with E-state index >= 15 is 0 Å². The number of benzene rings is 4. The van der Waals surface area contributed by atoms with Crippen molar-refractivity contribution < 1.29 is 9.68 Å². The van der Waals surface area contributed by atoms with E-state index in [1.165, 1.54) is 21.2 Å². The van der Waals surface area contributed by atoms with Crippen LogP contribution in [0, 0.1) is 0 Å². The molecule has 0 radical (unpaired) electrons. The molecule has 134 valence electrons. The topological polar surface area (TPSA) is 29.5 Å². The Morgan fingerprint density at radius 2 is 1.29 bits per heavy atom. The minimum atomic E-state index is -0.336. The summed E-state index contributed by atoms with van der Waals surface area (Å²) in [7, 11) is -0.336. The van der Waals surface area contributed by atoms with Crippen LogP contribution in [0.15, 0.2) is 91.0 Å². The molecule has 4 heteroatoms. The average molecular weight is 380 g/mol. The van der Waals surface area contributed by atoms with E-state index in [4.69, 9.17) is 4.65 Å². The van der Waals surface area contributed by atoms with Gasteiger partial charge in [-0.1, -0.05) is 66.7 Å². The SMILES string of the molecule is OBOc1cc(-c2ccccc2)cc2c1sc1ccc(-c3ccccc3)cc12. The first-order chi connectivity index (χ1) is 13.8. The largest absolute Gasteiger partial charge is 0.538 e. The van der Waals surface area contributed by atoms with E-state index < -0.39 is 0 Å². The molecule has 28 heavy (non-hydrogen) atoms. The highest BCUT2D eigenvalue weighted by Crippen LogP contribution is 2.43. The van der Waals surface area contributed by atoms with E-state index in [0.29, 0.717) is 0 Å². The standard InChI is InChI=1S/C24H17BO2S/c26-25-27-22-15-19(17-9-5-2-6-10-17)14-21-20-13-18(16-7-3-1-4-8-16)11-12-23(20)28-24(21)22/h1-15,25-26H. The van der Waals surface area contributed by atoms with E-state index in [1.54, 1.807) is 11.3 Å². The van der Waals surface area contributed by atoms with E-state index in [2.05, 4.69) is 60.7 Å². The summed E-state index contributed by atoms with van der Waals surface area (Å²) in [6, 6.07) is 31.5. The van der Waals surface area contributed by atoms with Crippen LogP contribution in [-0.4, -0.2) is 12.7 Å². The van der Waals surface area contributed by atoms with Crippen LogP contribution < -0.4 is 4.65 Å². The van der Waals surface area contributed by atoms with Crippen molar-refractivity contribution in [2.75, 3.05) is 0 Å². The third-order valence-corrected chi connectivity index (χ3v) is 6.17. The first kappa shape index (κ1) is 17.1. The maximum absolute atomic E-state index is 9.39. The molecule has 4 aromatic carbocycles. The molecule has 0 amide bonds. The van der Waals surface area contributed by atoms with Crippen molar-refractivity contribution in [1.29, 1.82) is 0 Å². The van der Waals surface area contributed by atoms with Gasteiger partial charge in [-0.05, 0) is 46.5 Å². The Kier molecular flexibility index (Phi) is 4.36. The van der Waals surface area contributed by atoms with E-state index in [1.807, 2.05) is 30.3 Å². The molecule has 1 heterocycles. The molecular formula is C24H17BO2S. The Morgan fingerprint density at radius 3 is 1.96 bits per heavy atom. The summed E-state index contributed by atoms with van der Waals surface area (Å²) in [5, 5.41) is 11.8. The van der Waals surface area contributed by atoms with Gasteiger partial charge in [0.25, 0.3) is 0 Å². The van der Waals surface area contributed by atoms with Crippen LogP contribution >= 0.6 is 11.3 Å². The van der Waals surface area contributed by atoms with Gasteiger partial charge in [-0.3, -0.25) is 0 Å². The van der Waals surface area contributed by atoms with Gasteiger partial charge in [0.2, 0.25) is 0 Å². The fourth-order valence-electron chi connectivity index (χ4n) is 3.63. The second kappa shape index (κ2) is 7.15. The number of thiophene rings is 1. The quantitative estimate of drug-likeness (QED) is 0.386. The van der Waals surface area contributed by atoms with Crippen molar-refractivity contribution in [2.45, 2.75) is 0 Å². The predicted octanol–water partition coefficient (Wildman–Crippen LogP) is 6.03. The summed E-state index contributed by atoms with van der Waals surface area (Å²) in [6.07, 6.45) is 0. The van der Waals surface area contributed by atoms with Crippen LogP contribution in [0.4, 0.5) is 0 Å². The highest BCUT2D eigenvalue weighted by atomic mass is 32.1. The summed E-state index contributed by atoms with van der Waals surface area (Å²) in [4.78, 5) is 0. The van der Waals surface area contributed by atoms with Crippen LogP contribution in [0.3, 0.4) is 0 Å². The van der Waals surface area contributed by atoms with Gasteiger partial charge in [0, 0.05) is 15.5 Å². The van der Waals surface area contributed by atoms with E-state index in [9.17, 15) is 5.02 Å². The van der Waals surface area contributed by atoms with Crippen molar-refractivity contribution in [3.63, 3.8) is 0 Å². The zero-order chi connectivity index (χ0) is 18.9. The van der Waals surface area contributed by atoms with Gasteiger partial charge >= 0.3 is 7.69 Å². The molecule has 0 aliphatic rings. The monoisotopic (exact) mass is 380 g/mol. The Hall–Kier alpha value is -3.08. The molecule has 1 N–H and O–H groups in total. The molecule has 0 spiro atoms. The van der Waals surface area contributed by atoms with Crippen LogP contribution in [0.5, 0.6) is 5.75 Å². The van der Waals surface area contributed by atoms with Crippen LogP contribution in [0.2, 0.25) is 0 Å². The van der Waals surface area contributed by atoms with Gasteiger partial charge in [-0.2, -0.15) is 0 Å². The minimum Gasteiger partial charge on any atom is -0.538 e. The van der Waals surface area contributed by atoms with Gasteiger partial charge in [0.15, 0.2) is 0 Å². The molecule has 0 atom stereocenters. The lowest BCUT2D eigenvalue weighted by Gasteiger charge is -2.08. The highest BCUT2D eigenvalue weighted by molar-refractivity contribution is 7.26. The molecule has 5 rings (SSSR count). The minimum absolute atomic E-state index is 0.336. The Labute approximate surface area is 168 Å². The lowest BCUT2D eigenvalue weighted by Crippen LogP contribution is -1.99. The Balaban J connectivity index is 1.78. The Morgan fingerprint density at radius 1 is 0.643 bits per heavy atom. The summed E-state index contributed by atoms with van der Waals surface area (Å²) >= 11 is 1.70. The lowest BCUT2D eigenvalue weighted by atomic mass is 10.00. The zero-order valence-electron chi connectivity index (χ0n) is 15.1. The first-order valence-electron chi connectivity index (χ1n) is 9.18. The molecule has 0 saturated heterocycles. The third-order valence-electron chi connectivity index (χ3n) is 4.97. The molecule has 0 fully saturated rings. The fourth-order valence-corrected chi connectivity index (χ4v) is 4.76. The second-order valence-electron chi connectivity index (χ2n) is 6.67. The number of hydrogen-bond donors (Lipinski definition) is 1. The average Bonchev–Trinajstić information content (AvgIpc) is 3.13. The number of hydrogen-bond acceptors (Lipinski definition) is 3. The lowest BCUT2D eigenvalue weighted by molar-refractivity contribution is 0.457. The second-order valence-corrected chi connectivity index (χ2v) is 7.72. The van der Waals surface area contributed by atoms with Gasteiger partial charge in [0.05, 0.1) is 4.70 Å². The summed E-state index contributed by atoms with van der Waals surface area (Å²) in [5.74, 6) is 0.723. The van der Waals surface area contributed by atoms with Crippen molar-refractivity contribution in [3.8, 4) is 28.0 Å². The van der Waals surface area contributed by atoms with Crippen molar-refractivity contribution in [1.82, 2.24) is 0 Å². The van der Waals surface area contributed by atoms with Crippen LogP contribution in [-0.2, 0) is 0 Å². The summed E-state index contributed by atoms with van der Waals surface area (Å²) in [5.41, 5.74) is 4.62. The summed E-state index contributed by atoms with van der Waals surface area (Å²) < 4.78 is 7.87. The molecule has 1 aromatic heterocycles. The fraction of sp³-hybridized carbons (Fsp3) is 0. The predicted molar refractivity (Wildman–Crippen MR) is 120 cm³/mol. The van der Waals surface area contributed by atoms with Gasteiger partial charge in [-0.15, -0.1) is 11.3 Å². The molecule has 0 bridgehead atoms. The Bertz CT molecular complexity index is 1260. The van der Waals surface area contributed by atoms with E-state index in [-0.39, 0.29) is 7.69 Å². The van der Waals surface area contributed by atoms with E-state index in [0.717, 1.165) is 27.0 Å². The molecule has 5 aromatic rings. The third kappa shape index (κ3) is 2.97. The van der Waals surface area contributed by atoms with Gasteiger partial charge < -0.3 is 9.68 Å². The van der Waals surface area contributed by atoms with Gasteiger partial charge in [-0.25, -0.2) is 0 Å². The van der Waals surface area contributed by atoms with Crippen LogP contribution in [0.1, 0.15) is 0 Å². The highest BCUT2D eigenvalue weighted by Gasteiger charge is 2.14. The van der Waals surface area contributed by atoms with Crippen molar-refractivity contribution in [3.05, 3.63) is 91.0 Å². The maximum Gasteiger partial charge on any atom is 0.504 e. The normalized spacial score (nSPS) is 11.0. The number of fused-ring (bicyclic) bond motifs is 3. The molecule has 0 aliphatic heterocycles.